The summed E-state index contributed by atoms with van der Waals surface area (Å²) >= 11 is 0. The molecule has 0 N–H and O–H groups in total. The molecule has 0 spiro atoms. The van der Waals surface area contributed by atoms with E-state index in [1.807, 2.05) is 9.80 Å². The third kappa shape index (κ3) is 3.92. The van der Waals surface area contributed by atoms with Gasteiger partial charge in [-0.2, -0.15) is 0 Å². The Balaban J connectivity index is 1.31. The maximum atomic E-state index is 13.0. The molecule has 1 aromatic heterocycles. The van der Waals surface area contributed by atoms with Crippen molar-refractivity contribution in [2.24, 2.45) is 5.92 Å². The molecule has 3 aliphatic rings. The quantitative estimate of drug-likeness (QED) is 0.659. The molecule has 0 radical (unpaired) electrons. The number of hydrogen-bond acceptors (Lipinski definition) is 6. The van der Waals surface area contributed by atoms with Gasteiger partial charge in [0.2, 0.25) is 16.7 Å². The van der Waals surface area contributed by atoms with Gasteiger partial charge in [-0.15, -0.1) is 4.31 Å². The summed E-state index contributed by atoms with van der Waals surface area (Å²) in [5.41, 5.74) is 0.366. The Morgan fingerprint density at radius 2 is 1.77 bits per heavy atom. The summed E-state index contributed by atoms with van der Waals surface area (Å²) in [5, 5.41) is 3.75. The van der Waals surface area contributed by atoms with Crippen molar-refractivity contribution >= 4 is 22.2 Å². The normalized spacial score (nSPS) is 24.4. The average molecular weight is 439 g/mol. The van der Waals surface area contributed by atoms with Crippen LogP contribution in [-0.4, -0.2) is 74.4 Å². The highest BCUT2D eigenvalue weighted by molar-refractivity contribution is 7.95. The molecule has 3 saturated heterocycles. The fourth-order valence-corrected chi connectivity index (χ4v) is 6.79. The van der Waals surface area contributed by atoms with E-state index in [9.17, 15) is 18.4 Å². The molecular weight excluding hydrogens is 408 g/mol. The minimum Gasteiger partial charge on any atom is -0.593 e. The van der Waals surface area contributed by atoms with Gasteiger partial charge in [-0.3, -0.25) is 9.59 Å². The minimum absolute atomic E-state index is 0.121. The molecule has 0 saturated carbocycles. The highest BCUT2D eigenvalue weighted by Crippen LogP contribution is 2.32. The lowest BCUT2D eigenvalue weighted by Crippen LogP contribution is -2.50. The maximum absolute atomic E-state index is 13.0. The predicted octanol–water partition coefficient (Wildman–Crippen LogP) is 1.52. The van der Waals surface area contributed by atoms with Gasteiger partial charge in [-0.05, 0) is 39.0 Å². The minimum atomic E-state index is -3.66. The average Bonchev–Trinajstić information content (AvgIpc) is 3.32. The monoisotopic (exact) mass is 438 g/mol. The highest BCUT2D eigenvalue weighted by Gasteiger charge is 2.41. The van der Waals surface area contributed by atoms with E-state index in [0.717, 1.165) is 25.8 Å². The van der Waals surface area contributed by atoms with Crippen LogP contribution < -0.4 is 0 Å². The van der Waals surface area contributed by atoms with Crippen molar-refractivity contribution in [2.45, 2.75) is 63.3 Å². The lowest BCUT2D eigenvalue weighted by Gasteiger charge is -2.39. The third-order valence-corrected chi connectivity index (χ3v) is 8.84. The number of carbonyl (C=O) groups is 2. The lowest BCUT2D eigenvalue weighted by atomic mass is 9.94. The second-order valence-electron chi connectivity index (χ2n) is 8.58. The molecule has 1 unspecified atom stereocenters. The fourth-order valence-electron chi connectivity index (χ4n) is 5.03. The van der Waals surface area contributed by atoms with Crippen molar-refractivity contribution in [3.63, 3.8) is 0 Å². The molecular formula is C20H30N4O5S. The first-order chi connectivity index (χ1) is 14.3. The van der Waals surface area contributed by atoms with Gasteiger partial charge < -0.3 is 18.9 Å². The summed E-state index contributed by atoms with van der Waals surface area (Å²) in [4.78, 5) is 29.0. The van der Waals surface area contributed by atoms with Crippen LogP contribution in [0.3, 0.4) is 0 Å². The van der Waals surface area contributed by atoms with Crippen LogP contribution in [0.1, 0.15) is 50.0 Å². The van der Waals surface area contributed by atoms with Crippen molar-refractivity contribution < 1.29 is 22.9 Å². The first-order valence-electron chi connectivity index (χ1n) is 10.8. The van der Waals surface area contributed by atoms with Crippen LogP contribution >= 0.6 is 0 Å². The SMILES string of the molecule is Cc1noc(C)c1[S+](=O)([O-])N1CCC(C(=O)N2CCC(N3CCCC3=O)CC2)CC1. The van der Waals surface area contributed by atoms with E-state index in [0.29, 0.717) is 56.9 Å². The summed E-state index contributed by atoms with van der Waals surface area (Å²) in [5.74, 6) is 0.512. The molecule has 1 aromatic rings. The van der Waals surface area contributed by atoms with Crippen LogP contribution in [0.5, 0.6) is 0 Å². The van der Waals surface area contributed by atoms with E-state index >= 15 is 0 Å². The van der Waals surface area contributed by atoms with Crippen LogP contribution in [-0.2, 0) is 24.2 Å². The molecule has 30 heavy (non-hydrogen) atoms. The number of amides is 2. The molecule has 1 atom stereocenters. The van der Waals surface area contributed by atoms with Gasteiger partial charge in [-0.1, -0.05) is 9.37 Å². The first kappa shape index (κ1) is 21.5. The number of sulfonamides is 1. The molecule has 4 rings (SSSR count). The smallest absolute Gasteiger partial charge is 0.240 e. The van der Waals surface area contributed by atoms with Crippen LogP contribution in [0.25, 0.3) is 0 Å². The van der Waals surface area contributed by atoms with E-state index in [-0.39, 0.29) is 28.7 Å². The second kappa shape index (κ2) is 8.39. The first-order valence-corrected chi connectivity index (χ1v) is 12.2. The van der Waals surface area contributed by atoms with E-state index < -0.39 is 10.4 Å². The summed E-state index contributed by atoms with van der Waals surface area (Å²) in [6.07, 6.45) is 4.29. The van der Waals surface area contributed by atoms with Gasteiger partial charge in [0.05, 0.1) is 0 Å². The third-order valence-electron chi connectivity index (χ3n) is 6.70. The Morgan fingerprint density at radius 3 is 2.30 bits per heavy atom. The highest BCUT2D eigenvalue weighted by atomic mass is 32.3. The van der Waals surface area contributed by atoms with Gasteiger partial charge >= 0.3 is 0 Å². The molecule has 2 amide bonds. The molecule has 9 nitrogen and oxygen atoms in total. The van der Waals surface area contributed by atoms with Gasteiger partial charge in [0.15, 0.2) is 16.2 Å². The maximum Gasteiger partial charge on any atom is 0.240 e. The zero-order valence-electron chi connectivity index (χ0n) is 17.7. The van der Waals surface area contributed by atoms with E-state index in [4.69, 9.17) is 4.52 Å². The number of nitrogens with zero attached hydrogens (tertiary/aromatic N) is 4. The predicted molar refractivity (Wildman–Crippen MR) is 108 cm³/mol. The molecule has 3 fully saturated rings. The van der Waals surface area contributed by atoms with E-state index in [1.54, 1.807) is 13.8 Å². The molecule has 166 valence electrons. The number of aromatic nitrogens is 1. The number of likely N-dealkylation sites (tertiary alicyclic amines) is 2. The number of aryl methyl sites for hydroxylation is 2. The van der Waals surface area contributed by atoms with Gasteiger partial charge in [-0.25, -0.2) is 0 Å². The number of piperidine rings is 2. The summed E-state index contributed by atoms with van der Waals surface area (Å²) in [6.45, 7) is 6.05. The van der Waals surface area contributed by atoms with Crippen molar-refractivity contribution in [3.05, 3.63) is 11.5 Å². The number of rotatable bonds is 4. The summed E-state index contributed by atoms with van der Waals surface area (Å²) in [6, 6.07) is 0.256. The van der Waals surface area contributed by atoms with Crippen LogP contribution in [0.15, 0.2) is 9.42 Å². The Kier molecular flexibility index (Phi) is 6.00. The van der Waals surface area contributed by atoms with Gasteiger partial charge in [0.1, 0.15) is 5.69 Å². The van der Waals surface area contributed by atoms with Gasteiger partial charge in [0.25, 0.3) is 0 Å². The Labute approximate surface area is 178 Å². The largest absolute Gasteiger partial charge is 0.593 e. The van der Waals surface area contributed by atoms with Crippen LogP contribution in [0, 0.1) is 19.8 Å². The van der Waals surface area contributed by atoms with Crippen molar-refractivity contribution in [2.75, 3.05) is 32.7 Å². The number of hydrogen-bond donors (Lipinski definition) is 0. The lowest BCUT2D eigenvalue weighted by molar-refractivity contribution is -0.139. The van der Waals surface area contributed by atoms with Crippen LogP contribution in [0.4, 0.5) is 0 Å². The Morgan fingerprint density at radius 1 is 1.10 bits per heavy atom. The van der Waals surface area contributed by atoms with Crippen molar-refractivity contribution in [1.29, 1.82) is 0 Å². The second-order valence-corrected chi connectivity index (χ2v) is 10.5. The molecule has 10 heteroatoms. The molecule has 0 aromatic carbocycles. The van der Waals surface area contributed by atoms with Crippen LogP contribution in [0.2, 0.25) is 0 Å². The zero-order valence-corrected chi connectivity index (χ0v) is 18.5. The van der Waals surface area contributed by atoms with E-state index in [2.05, 4.69) is 5.16 Å². The summed E-state index contributed by atoms with van der Waals surface area (Å²) < 4.78 is 32.4. The Bertz CT molecular complexity index is 836. The fraction of sp³-hybridized carbons (Fsp3) is 0.750. The Hall–Kier alpha value is -1.78. The molecule has 3 aliphatic heterocycles. The zero-order chi connectivity index (χ0) is 21.5. The number of carbonyl (C=O) groups excluding carboxylic acids is 2. The van der Waals surface area contributed by atoms with Gasteiger partial charge in [0, 0.05) is 58.0 Å². The molecule has 0 aliphatic carbocycles. The molecule has 4 heterocycles. The van der Waals surface area contributed by atoms with E-state index in [1.165, 1.54) is 4.31 Å². The molecule has 0 bridgehead atoms. The van der Waals surface area contributed by atoms with Crippen molar-refractivity contribution in [3.8, 4) is 0 Å². The standard InChI is InChI=1S/C20H30N4O5S/c1-14-19(15(2)29-21-14)30(27,28)23-12-5-16(6-13-23)20(26)22-10-7-17(8-11-22)24-9-3-4-18(24)25/h16-17H,3-13H2,1-2H3. The topological polar surface area (TPSA) is 110 Å². The summed E-state index contributed by atoms with van der Waals surface area (Å²) in [7, 11) is -3.66. The van der Waals surface area contributed by atoms with Crippen molar-refractivity contribution in [1.82, 2.24) is 19.3 Å².